The van der Waals surface area contributed by atoms with Gasteiger partial charge in [0, 0.05) is 10.9 Å². The third-order valence-electron chi connectivity index (χ3n) is 4.64. The number of benzene rings is 2. The number of pyridine rings is 1. The minimum atomic E-state index is -0.507. The maximum absolute atomic E-state index is 11.9. The van der Waals surface area contributed by atoms with Gasteiger partial charge in [-0.2, -0.15) is 0 Å². The van der Waals surface area contributed by atoms with E-state index in [0.717, 1.165) is 35.1 Å². The zero-order chi connectivity index (χ0) is 17.4. The number of nitrogens with zero attached hydrogens (tertiary/aromatic N) is 1. The van der Waals surface area contributed by atoms with Gasteiger partial charge < -0.3 is 15.8 Å². The Labute approximate surface area is 145 Å². The number of methoxy groups -OCH3 is 1. The zero-order valence-corrected chi connectivity index (χ0v) is 13.9. The molecule has 1 aliphatic rings. The van der Waals surface area contributed by atoms with Gasteiger partial charge in [0.1, 0.15) is 11.6 Å². The first kappa shape index (κ1) is 15.4. The van der Waals surface area contributed by atoms with Gasteiger partial charge in [0.25, 0.3) is 5.91 Å². The van der Waals surface area contributed by atoms with E-state index in [1.807, 2.05) is 24.3 Å². The van der Waals surface area contributed by atoms with Gasteiger partial charge in [0.2, 0.25) is 0 Å². The van der Waals surface area contributed by atoms with E-state index in [4.69, 9.17) is 10.5 Å². The van der Waals surface area contributed by atoms with Crippen LogP contribution in [0.15, 0.2) is 42.5 Å². The Morgan fingerprint density at radius 2 is 2.24 bits per heavy atom. The van der Waals surface area contributed by atoms with Gasteiger partial charge in [0.15, 0.2) is 0 Å². The first-order chi connectivity index (χ1) is 12.2. The number of anilines is 1. The van der Waals surface area contributed by atoms with Gasteiger partial charge in [-0.1, -0.05) is 24.3 Å². The smallest absolute Gasteiger partial charge is 0.252 e. The monoisotopic (exact) mass is 332 g/mol. The van der Waals surface area contributed by atoms with E-state index in [1.165, 1.54) is 5.56 Å². The molecule has 0 fully saturated rings. The molecule has 1 heterocycles. The highest BCUT2D eigenvalue weighted by molar-refractivity contribution is 6.01. The number of carbonyl (C=O) groups excluding carboxylic acids is 1. The molecule has 2 aromatic carbocycles. The number of amides is 1. The SMILES string of the molecule is COc1cccc2c1C(Nc1nc3ccc[c]c3cc1C(N)=O)CC2. The molecule has 1 unspecified atom stereocenters. The predicted octanol–water partition coefficient (Wildman–Crippen LogP) is 3.24. The van der Waals surface area contributed by atoms with E-state index >= 15 is 0 Å². The topological polar surface area (TPSA) is 77.2 Å². The molecule has 1 aromatic heterocycles. The van der Waals surface area contributed by atoms with Gasteiger partial charge in [-0.15, -0.1) is 0 Å². The van der Waals surface area contributed by atoms with Crippen LogP contribution >= 0.6 is 0 Å². The van der Waals surface area contributed by atoms with Crippen molar-refractivity contribution in [2.45, 2.75) is 18.9 Å². The van der Waals surface area contributed by atoms with Crippen molar-refractivity contribution in [1.29, 1.82) is 0 Å². The maximum atomic E-state index is 11.9. The van der Waals surface area contributed by atoms with Crippen molar-refractivity contribution < 1.29 is 9.53 Å². The van der Waals surface area contributed by atoms with E-state index < -0.39 is 5.91 Å². The Morgan fingerprint density at radius 3 is 3.04 bits per heavy atom. The molecule has 1 amide bonds. The van der Waals surface area contributed by atoms with E-state index in [0.29, 0.717) is 11.4 Å². The van der Waals surface area contributed by atoms with Gasteiger partial charge >= 0.3 is 0 Å². The molecule has 3 N–H and O–H groups in total. The quantitative estimate of drug-likeness (QED) is 0.769. The zero-order valence-electron chi connectivity index (χ0n) is 13.9. The molecule has 4 rings (SSSR count). The molecular weight excluding hydrogens is 314 g/mol. The molecule has 5 nitrogen and oxygen atoms in total. The Bertz CT molecular complexity index is 968. The summed E-state index contributed by atoms with van der Waals surface area (Å²) in [6.07, 6.45) is 1.87. The van der Waals surface area contributed by atoms with Crippen LogP contribution in [-0.2, 0) is 6.42 Å². The van der Waals surface area contributed by atoms with E-state index in [-0.39, 0.29) is 6.04 Å². The minimum absolute atomic E-state index is 0.0295. The summed E-state index contributed by atoms with van der Waals surface area (Å²) in [5.41, 5.74) is 9.10. The predicted molar refractivity (Wildman–Crippen MR) is 96.8 cm³/mol. The average molecular weight is 332 g/mol. The van der Waals surface area contributed by atoms with Crippen molar-refractivity contribution in [3.05, 3.63) is 65.2 Å². The molecule has 0 bridgehead atoms. The van der Waals surface area contributed by atoms with Crippen molar-refractivity contribution >= 4 is 22.6 Å². The minimum Gasteiger partial charge on any atom is -0.496 e. The molecule has 0 saturated carbocycles. The summed E-state index contributed by atoms with van der Waals surface area (Å²) in [6.45, 7) is 0. The molecule has 0 saturated heterocycles. The van der Waals surface area contributed by atoms with E-state index in [9.17, 15) is 4.79 Å². The first-order valence-electron chi connectivity index (χ1n) is 8.21. The third-order valence-corrected chi connectivity index (χ3v) is 4.64. The van der Waals surface area contributed by atoms with Crippen LogP contribution in [0.4, 0.5) is 5.82 Å². The number of hydrogen-bond acceptors (Lipinski definition) is 4. The molecule has 3 aromatic rings. The number of nitrogens with two attached hydrogens (primary N) is 1. The molecule has 1 aliphatic carbocycles. The van der Waals surface area contributed by atoms with Crippen molar-refractivity contribution in [1.82, 2.24) is 4.98 Å². The van der Waals surface area contributed by atoms with Gasteiger partial charge in [-0.25, -0.2) is 4.98 Å². The Hall–Kier alpha value is -3.08. The van der Waals surface area contributed by atoms with Crippen molar-refractivity contribution in [2.24, 2.45) is 5.73 Å². The second kappa shape index (κ2) is 6.09. The molecule has 5 heteroatoms. The molecule has 1 atom stereocenters. The number of fused-ring (bicyclic) bond motifs is 2. The van der Waals surface area contributed by atoms with Crippen LogP contribution < -0.4 is 15.8 Å². The second-order valence-corrected chi connectivity index (χ2v) is 6.12. The summed E-state index contributed by atoms with van der Waals surface area (Å²) >= 11 is 0. The van der Waals surface area contributed by atoms with Crippen LogP contribution in [0.1, 0.15) is 33.9 Å². The highest BCUT2D eigenvalue weighted by Crippen LogP contribution is 2.40. The van der Waals surface area contributed by atoms with E-state index in [1.54, 1.807) is 19.2 Å². The van der Waals surface area contributed by atoms with Gasteiger partial charge in [-0.05, 0) is 42.7 Å². The summed E-state index contributed by atoms with van der Waals surface area (Å²) in [5, 5.41) is 4.18. The van der Waals surface area contributed by atoms with Crippen LogP contribution in [0.25, 0.3) is 10.9 Å². The van der Waals surface area contributed by atoms with Crippen LogP contribution in [0.5, 0.6) is 5.75 Å². The van der Waals surface area contributed by atoms with E-state index in [2.05, 4.69) is 22.4 Å². The van der Waals surface area contributed by atoms with Gasteiger partial charge in [0.05, 0.1) is 24.2 Å². The number of hydrogen-bond donors (Lipinski definition) is 2. The molecule has 25 heavy (non-hydrogen) atoms. The lowest BCUT2D eigenvalue weighted by Crippen LogP contribution is -2.18. The maximum Gasteiger partial charge on any atom is 0.252 e. The summed E-state index contributed by atoms with van der Waals surface area (Å²) in [6, 6.07) is 16.5. The molecule has 0 spiro atoms. The fourth-order valence-corrected chi connectivity index (χ4v) is 3.48. The summed E-state index contributed by atoms with van der Waals surface area (Å²) < 4.78 is 5.52. The highest BCUT2D eigenvalue weighted by atomic mass is 16.5. The summed E-state index contributed by atoms with van der Waals surface area (Å²) in [7, 11) is 1.67. The number of rotatable bonds is 4. The first-order valence-corrected chi connectivity index (χ1v) is 8.21. The fraction of sp³-hybridized carbons (Fsp3) is 0.200. The number of primary amides is 1. The molecule has 1 radical (unpaired) electrons. The second-order valence-electron chi connectivity index (χ2n) is 6.12. The number of ether oxygens (including phenoxy) is 1. The van der Waals surface area contributed by atoms with Crippen molar-refractivity contribution in [2.75, 3.05) is 12.4 Å². The molecule has 0 aliphatic heterocycles. The lowest BCUT2D eigenvalue weighted by molar-refractivity contribution is 0.100. The lowest BCUT2D eigenvalue weighted by atomic mass is 10.1. The number of carbonyl (C=O) groups is 1. The van der Waals surface area contributed by atoms with Crippen LogP contribution in [-0.4, -0.2) is 18.0 Å². The standard InChI is InChI=1S/C20H18N3O2/c1-25-17-8-4-6-12-9-10-16(18(12)17)23-20-14(19(21)24)11-13-5-2-3-7-15(13)22-20/h2-4,6-8,11,16H,9-10H2,1H3,(H2,21,24)(H,22,23). The number of nitrogens with one attached hydrogen (secondary N) is 1. The van der Waals surface area contributed by atoms with Crippen molar-refractivity contribution in [3.8, 4) is 5.75 Å². The highest BCUT2D eigenvalue weighted by Gasteiger charge is 2.27. The fourth-order valence-electron chi connectivity index (χ4n) is 3.48. The van der Waals surface area contributed by atoms with Crippen LogP contribution in [0.3, 0.4) is 0 Å². The largest absolute Gasteiger partial charge is 0.496 e. The normalized spacial score (nSPS) is 15.8. The lowest BCUT2D eigenvalue weighted by Gasteiger charge is -2.19. The Kier molecular flexibility index (Phi) is 3.76. The van der Waals surface area contributed by atoms with Gasteiger partial charge in [-0.3, -0.25) is 4.79 Å². The summed E-state index contributed by atoms with van der Waals surface area (Å²) in [5.74, 6) is 0.845. The number of aryl methyl sites for hydroxylation is 1. The Morgan fingerprint density at radius 1 is 1.36 bits per heavy atom. The van der Waals surface area contributed by atoms with Crippen LogP contribution in [0, 0.1) is 6.07 Å². The number of aromatic nitrogens is 1. The third kappa shape index (κ3) is 2.67. The molecule has 125 valence electrons. The molecular formula is C20H18N3O2. The Balaban J connectivity index is 1.78. The average Bonchev–Trinajstić information content (AvgIpc) is 3.04. The van der Waals surface area contributed by atoms with Crippen molar-refractivity contribution in [3.63, 3.8) is 0 Å². The summed E-state index contributed by atoms with van der Waals surface area (Å²) in [4.78, 5) is 16.5. The van der Waals surface area contributed by atoms with Crippen LogP contribution in [0.2, 0.25) is 0 Å².